The van der Waals surface area contributed by atoms with Gasteiger partial charge >= 0.3 is 12.1 Å². The predicted octanol–water partition coefficient (Wildman–Crippen LogP) is 2.17. The number of hydrogen-bond acceptors (Lipinski definition) is 6. The van der Waals surface area contributed by atoms with Gasteiger partial charge in [-0.05, 0) is 45.7 Å². The third-order valence-corrected chi connectivity index (χ3v) is 4.75. The number of hydrogen-bond donors (Lipinski definition) is 0. The number of rotatable bonds is 4. The fourth-order valence-corrected chi connectivity index (χ4v) is 3.03. The molecule has 1 fully saturated rings. The van der Waals surface area contributed by atoms with E-state index in [2.05, 4.69) is 19.6 Å². The van der Waals surface area contributed by atoms with E-state index < -0.39 is 12.1 Å². The zero-order valence-electron chi connectivity index (χ0n) is 14.6. The first-order valence-corrected chi connectivity index (χ1v) is 8.38. The van der Waals surface area contributed by atoms with Crippen LogP contribution in [0.3, 0.4) is 0 Å². The van der Waals surface area contributed by atoms with Crippen molar-refractivity contribution in [3.8, 4) is 0 Å². The van der Waals surface area contributed by atoms with Gasteiger partial charge in [0.25, 0.3) is 5.56 Å². The summed E-state index contributed by atoms with van der Waals surface area (Å²) in [7, 11) is 0. The summed E-state index contributed by atoms with van der Waals surface area (Å²) in [6, 6.07) is 0. The molecular formula is C16H20F3N5O2. The van der Waals surface area contributed by atoms with Crippen molar-refractivity contribution in [2.45, 2.75) is 46.0 Å². The van der Waals surface area contributed by atoms with Gasteiger partial charge in [0.15, 0.2) is 0 Å². The van der Waals surface area contributed by atoms with Crippen LogP contribution in [-0.2, 0) is 19.3 Å². The Labute approximate surface area is 147 Å². The molecule has 1 aliphatic heterocycles. The zero-order chi connectivity index (χ0) is 18.9. The molecule has 0 aromatic carbocycles. The summed E-state index contributed by atoms with van der Waals surface area (Å²) in [5.74, 6) is -1.03. The molecule has 0 unspecified atom stereocenters. The Morgan fingerprint density at radius 2 is 1.92 bits per heavy atom. The molecule has 2 aromatic heterocycles. The van der Waals surface area contributed by atoms with Gasteiger partial charge in [-0.25, -0.2) is 4.98 Å². The van der Waals surface area contributed by atoms with E-state index in [0.29, 0.717) is 31.1 Å². The molecule has 0 bridgehead atoms. The van der Waals surface area contributed by atoms with Crippen LogP contribution in [0.1, 0.15) is 35.9 Å². The van der Waals surface area contributed by atoms with E-state index in [4.69, 9.17) is 0 Å². The standard InChI is InChI=1S/C16H20F3N5O2/c1-10-11(2)20-9-24(14(10)25)7-12-3-5-23(6-4-12)8-13-21-22-15(26-13)16(17,18)19/h9,12H,3-8H2,1-2H3. The first-order chi connectivity index (χ1) is 12.2. The van der Waals surface area contributed by atoms with Crippen molar-refractivity contribution in [2.24, 2.45) is 5.92 Å². The van der Waals surface area contributed by atoms with Crippen molar-refractivity contribution in [2.75, 3.05) is 13.1 Å². The summed E-state index contributed by atoms with van der Waals surface area (Å²) < 4.78 is 43.7. The largest absolute Gasteiger partial charge is 0.470 e. The average Bonchev–Trinajstić information content (AvgIpc) is 3.06. The molecule has 142 valence electrons. The maximum absolute atomic E-state index is 12.5. The van der Waals surface area contributed by atoms with Gasteiger partial charge in [0, 0.05) is 17.8 Å². The highest BCUT2D eigenvalue weighted by Gasteiger charge is 2.38. The normalized spacial score (nSPS) is 17.0. The maximum atomic E-state index is 12.5. The van der Waals surface area contributed by atoms with Gasteiger partial charge in [0.2, 0.25) is 5.89 Å². The Morgan fingerprint density at radius 1 is 1.23 bits per heavy atom. The molecule has 3 heterocycles. The van der Waals surface area contributed by atoms with Crippen molar-refractivity contribution in [1.29, 1.82) is 0 Å². The van der Waals surface area contributed by atoms with Crippen molar-refractivity contribution < 1.29 is 17.6 Å². The predicted molar refractivity (Wildman–Crippen MR) is 85.3 cm³/mol. The Kier molecular flexibility index (Phi) is 5.12. The minimum Gasteiger partial charge on any atom is -0.416 e. The Morgan fingerprint density at radius 3 is 2.54 bits per heavy atom. The van der Waals surface area contributed by atoms with Gasteiger partial charge in [-0.15, -0.1) is 10.2 Å². The average molecular weight is 371 g/mol. The van der Waals surface area contributed by atoms with Crippen LogP contribution in [0, 0.1) is 19.8 Å². The Hall–Kier alpha value is -2.23. The molecule has 0 atom stereocenters. The SMILES string of the molecule is Cc1ncn(CC2CCN(Cc3nnc(C(F)(F)F)o3)CC2)c(=O)c1C. The number of halogens is 3. The third kappa shape index (κ3) is 4.12. The summed E-state index contributed by atoms with van der Waals surface area (Å²) in [4.78, 5) is 18.5. The Bertz CT molecular complexity index is 822. The van der Waals surface area contributed by atoms with Gasteiger partial charge in [-0.3, -0.25) is 14.3 Å². The van der Waals surface area contributed by atoms with E-state index in [9.17, 15) is 18.0 Å². The fraction of sp³-hybridized carbons (Fsp3) is 0.625. The van der Waals surface area contributed by atoms with Crippen molar-refractivity contribution in [3.63, 3.8) is 0 Å². The molecule has 2 aromatic rings. The van der Waals surface area contributed by atoms with E-state index in [1.54, 1.807) is 24.7 Å². The monoisotopic (exact) mass is 371 g/mol. The van der Waals surface area contributed by atoms with Gasteiger partial charge < -0.3 is 4.42 Å². The van der Waals surface area contributed by atoms with E-state index >= 15 is 0 Å². The molecular weight excluding hydrogens is 351 g/mol. The van der Waals surface area contributed by atoms with Crippen LogP contribution in [-0.4, -0.2) is 37.7 Å². The molecule has 26 heavy (non-hydrogen) atoms. The molecule has 0 radical (unpaired) electrons. The lowest BCUT2D eigenvalue weighted by Gasteiger charge is -2.31. The highest BCUT2D eigenvalue weighted by molar-refractivity contribution is 5.12. The molecule has 0 aliphatic carbocycles. The number of piperidine rings is 1. The van der Waals surface area contributed by atoms with E-state index in [1.807, 2.05) is 4.90 Å². The van der Waals surface area contributed by atoms with Crippen LogP contribution in [0.2, 0.25) is 0 Å². The smallest absolute Gasteiger partial charge is 0.416 e. The molecule has 3 rings (SSSR count). The number of likely N-dealkylation sites (tertiary alicyclic amines) is 1. The molecule has 0 saturated carbocycles. The summed E-state index contributed by atoms with van der Waals surface area (Å²) in [6.07, 6.45) is -1.38. The lowest BCUT2D eigenvalue weighted by Crippen LogP contribution is -2.36. The molecule has 0 N–H and O–H groups in total. The first kappa shape index (κ1) is 18.6. The Balaban J connectivity index is 1.54. The molecule has 0 amide bonds. The first-order valence-electron chi connectivity index (χ1n) is 8.38. The van der Waals surface area contributed by atoms with E-state index in [0.717, 1.165) is 18.5 Å². The summed E-state index contributed by atoms with van der Waals surface area (Å²) in [6.45, 7) is 5.76. The van der Waals surface area contributed by atoms with Gasteiger partial charge in [0.1, 0.15) is 0 Å². The van der Waals surface area contributed by atoms with Crippen molar-refractivity contribution in [3.05, 3.63) is 39.7 Å². The van der Waals surface area contributed by atoms with Crippen LogP contribution in [0.4, 0.5) is 13.2 Å². The number of nitrogens with zero attached hydrogens (tertiary/aromatic N) is 5. The molecule has 1 aliphatic rings. The fourth-order valence-electron chi connectivity index (χ4n) is 3.03. The van der Waals surface area contributed by atoms with Crippen LogP contribution >= 0.6 is 0 Å². The molecule has 0 spiro atoms. The zero-order valence-corrected chi connectivity index (χ0v) is 14.6. The third-order valence-electron chi connectivity index (χ3n) is 4.75. The van der Waals surface area contributed by atoms with Gasteiger partial charge in [0.05, 0.1) is 12.9 Å². The van der Waals surface area contributed by atoms with Crippen LogP contribution in [0.25, 0.3) is 0 Å². The minimum absolute atomic E-state index is 0.0227. The van der Waals surface area contributed by atoms with Crippen LogP contribution < -0.4 is 5.56 Å². The lowest BCUT2D eigenvalue weighted by molar-refractivity contribution is -0.157. The van der Waals surface area contributed by atoms with Gasteiger partial charge in [-0.2, -0.15) is 13.2 Å². The highest BCUT2D eigenvalue weighted by Crippen LogP contribution is 2.28. The van der Waals surface area contributed by atoms with E-state index in [-0.39, 0.29) is 18.0 Å². The van der Waals surface area contributed by atoms with E-state index in [1.165, 1.54) is 0 Å². The number of aromatic nitrogens is 4. The minimum atomic E-state index is -4.62. The van der Waals surface area contributed by atoms with Gasteiger partial charge in [-0.1, -0.05) is 0 Å². The number of aryl methyl sites for hydroxylation is 1. The lowest BCUT2D eigenvalue weighted by atomic mass is 9.96. The van der Waals surface area contributed by atoms with Crippen LogP contribution in [0.15, 0.2) is 15.5 Å². The molecule has 1 saturated heterocycles. The topological polar surface area (TPSA) is 77.1 Å². The second-order valence-corrected chi connectivity index (χ2v) is 6.63. The number of alkyl halides is 3. The quantitative estimate of drug-likeness (QED) is 0.820. The summed E-state index contributed by atoms with van der Waals surface area (Å²) in [5, 5.41) is 6.50. The molecule has 10 heteroatoms. The molecule has 7 nitrogen and oxygen atoms in total. The highest BCUT2D eigenvalue weighted by atomic mass is 19.4. The maximum Gasteiger partial charge on any atom is 0.470 e. The summed E-state index contributed by atoms with van der Waals surface area (Å²) in [5.41, 5.74) is 1.37. The van der Waals surface area contributed by atoms with Crippen molar-refractivity contribution >= 4 is 0 Å². The second-order valence-electron chi connectivity index (χ2n) is 6.63. The second kappa shape index (κ2) is 7.18. The summed E-state index contributed by atoms with van der Waals surface area (Å²) >= 11 is 0. The van der Waals surface area contributed by atoms with Crippen molar-refractivity contribution in [1.82, 2.24) is 24.6 Å². The van der Waals surface area contributed by atoms with Crippen LogP contribution in [0.5, 0.6) is 0 Å².